The Morgan fingerprint density at radius 3 is 2.60 bits per heavy atom. The Morgan fingerprint density at radius 2 is 1.88 bits per heavy atom. The molecule has 134 valence electrons. The molecule has 25 heavy (non-hydrogen) atoms. The van der Waals surface area contributed by atoms with Crippen molar-refractivity contribution in [1.82, 2.24) is 10.3 Å². The molecule has 1 aliphatic heterocycles. The van der Waals surface area contributed by atoms with E-state index in [0.29, 0.717) is 24.2 Å². The van der Waals surface area contributed by atoms with Gasteiger partial charge in [-0.2, -0.15) is 0 Å². The predicted molar refractivity (Wildman–Crippen MR) is 95.8 cm³/mol. The summed E-state index contributed by atoms with van der Waals surface area (Å²) in [5.41, 5.74) is 1.52. The molecule has 1 N–H and O–H groups in total. The van der Waals surface area contributed by atoms with Gasteiger partial charge < -0.3 is 19.7 Å². The quantitative estimate of drug-likeness (QED) is 0.872. The summed E-state index contributed by atoms with van der Waals surface area (Å²) in [5.74, 6) is 1.03. The van der Waals surface area contributed by atoms with Crippen molar-refractivity contribution < 1.29 is 13.9 Å². The number of piperidine rings is 1. The fourth-order valence-electron chi connectivity index (χ4n) is 3.16. The van der Waals surface area contributed by atoms with Crippen molar-refractivity contribution in [2.45, 2.75) is 25.4 Å². The number of pyridine rings is 1. The molecular weight excluding hydrogens is 321 g/mol. The van der Waals surface area contributed by atoms with E-state index in [2.05, 4.69) is 21.3 Å². The molecule has 0 unspecified atom stereocenters. The summed E-state index contributed by atoms with van der Waals surface area (Å²) in [7, 11) is 3.23. The largest absolute Gasteiger partial charge is 0.495 e. The maximum Gasteiger partial charge on any atom is 0.213 e. The second-order valence-electron chi connectivity index (χ2n) is 6.10. The van der Waals surface area contributed by atoms with Crippen molar-refractivity contribution in [3.8, 4) is 11.6 Å². The second-order valence-corrected chi connectivity index (χ2v) is 6.10. The van der Waals surface area contributed by atoms with Gasteiger partial charge in [-0.25, -0.2) is 9.37 Å². The van der Waals surface area contributed by atoms with Crippen LogP contribution in [0.5, 0.6) is 11.6 Å². The zero-order valence-electron chi connectivity index (χ0n) is 14.7. The van der Waals surface area contributed by atoms with Gasteiger partial charge in [-0.05, 0) is 31.0 Å². The maximum atomic E-state index is 13.8. The van der Waals surface area contributed by atoms with E-state index in [1.165, 1.54) is 19.2 Å². The molecule has 0 spiro atoms. The number of nitrogens with zero attached hydrogens (tertiary/aromatic N) is 2. The highest BCUT2D eigenvalue weighted by Gasteiger charge is 2.21. The second kappa shape index (κ2) is 8.16. The summed E-state index contributed by atoms with van der Waals surface area (Å²) in [6, 6.07) is 11.3. The molecule has 5 nitrogen and oxygen atoms in total. The van der Waals surface area contributed by atoms with Crippen LogP contribution in [0.25, 0.3) is 0 Å². The van der Waals surface area contributed by atoms with Gasteiger partial charge in [0.2, 0.25) is 5.88 Å². The molecule has 0 radical (unpaired) electrons. The van der Waals surface area contributed by atoms with Gasteiger partial charge in [0, 0.05) is 31.7 Å². The van der Waals surface area contributed by atoms with Crippen LogP contribution >= 0.6 is 0 Å². The molecule has 0 saturated carbocycles. The van der Waals surface area contributed by atoms with Crippen LogP contribution in [-0.2, 0) is 6.54 Å². The number of nitrogens with one attached hydrogen (secondary N) is 1. The third-order valence-electron chi connectivity index (χ3n) is 4.58. The summed E-state index contributed by atoms with van der Waals surface area (Å²) in [6.07, 6.45) is 1.98. The van der Waals surface area contributed by atoms with Gasteiger partial charge in [0.1, 0.15) is 11.6 Å². The van der Waals surface area contributed by atoms with E-state index >= 15 is 0 Å². The molecule has 1 saturated heterocycles. The van der Waals surface area contributed by atoms with E-state index in [1.807, 2.05) is 18.2 Å². The van der Waals surface area contributed by atoms with E-state index in [-0.39, 0.29) is 5.82 Å². The summed E-state index contributed by atoms with van der Waals surface area (Å²) in [4.78, 5) is 6.51. The molecule has 1 aromatic carbocycles. The summed E-state index contributed by atoms with van der Waals surface area (Å²) >= 11 is 0. The van der Waals surface area contributed by atoms with Gasteiger partial charge in [-0.3, -0.25) is 0 Å². The Balaban J connectivity index is 1.55. The number of hydrogen-bond donors (Lipinski definition) is 1. The van der Waals surface area contributed by atoms with Crippen LogP contribution in [0.2, 0.25) is 0 Å². The van der Waals surface area contributed by atoms with Crippen LogP contribution in [-0.4, -0.2) is 38.3 Å². The van der Waals surface area contributed by atoms with Crippen LogP contribution in [0, 0.1) is 5.82 Å². The monoisotopic (exact) mass is 345 g/mol. The highest BCUT2D eigenvalue weighted by molar-refractivity contribution is 5.58. The molecule has 2 heterocycles. The van der Waals surface area contributed by atoms with Crippen molar-refractivity contribution in [3.05, 3.63) is 47.9 Å². The Bertz CT molecular complexity index is 703. The first kappa shape index (κ1) is 17.5. The Kier molecular flexibility index (Phi) is 5.71. The van der Waals surface area contributed by atoms with Crippen LogP contribution in [0.4, 0.5) is 10.1 Å². The van der Waals surface area contributed by atoms with Gasteiger partial charge in [-0.15, -0.1) is 0 Å². The number of hydrogen-bond acceptors (Lipinski definition) is 5. The molecule has 6 heteroatoms. The average Bonchev–Trinajstić information content (AvgIpc) is 2.67. The van der Waals surface area contributed by atoms with Gasteiger partial charge >= 0.3 is 0 Å². The number of halogens is 1. The van der Waals surface area contributed by atoms with Crippen LogP contribution in [0.1, 0.15) is 18.5 Å². The van der Waals surface area contributed by atoms with Crippen LogP contribution in [0.15, 0.2) is 36.4 Å². The van der Waals surface area contributed by atoms with Crippen LogP contribution < -0.4 is 19.7 Å². The molecular formula is C19H24FN3O2. The highest BCUT2D eigenvalue weighted by Crippen LogP contribution is 2.29. The Labute approximate surface area is 147 Å². The van der Waals surface area contributed by atoms with Gasteiger partial charge in [0.05, 0.1) is 25.6 Å². The van der Waals surface area contributed by atoms with Crippen molar-refractivity contribution >= 4 is 5.69 Å². The molecule has 1 aliphatic rings. The lowest BCUT2D eigenvalue weighted by Crippen LogP contribution is -2.42. The third kappa shape index (κ3) is 4.20. The lowest BCUT2D eigenvalue weighted by atomic mass is 10.0. The lowest BCUT2D eigenvalue weighted by molar-refractivity contribution is 0.382. The maximum absolute atomic E-state index is 13.8. The number of anilines is 1. The van der Waals surface area contributed by atoms with E-state index in [0.717, 1.165) is 37.4 Å². The molecule has 1 aromatic heterocycles. The Hall–Kier alpha value is -2.34. The van der Waals surface area contributed by atoms with Crippen molar-refractivity contribution in [3.63, 3.8) is 0 Å². The van der Waals surface area contributed by atoms with Gasteiger partial charge in [-0.1, -0.05) is 12.1 Å². The molecule has 2 aromatic rings. The normalized spacial score (nSPS) is 15.2. The zero-order chi connectivity index (χ0) is 17.6. The molecule has 0 aliphatic carbocycles. The highest BCUT2D eigenvalue weighted by atomic mass is 19.1. The fraction of sp³-hybridized carbons (Fsp3) is 0.421. The standard InChI is InChI=1S/C19H24FN3O2/c1-24-18-6-4-3-5-17(18)23-11-9-14(10-12-23)21-13-16-15(20)7-8-19(22-16)25-2/h3-8,14,21H,9-13H2,1-2H3. The fourth-order valence-corrected chi connectivity index (χ4v) is 3.16. The van der Waals surface area contributed by atoms with Gasteiger partial charge in [0.25, 0.3) is 0 Å². The van der Waals surface area contributed by atoms with Gasteiger partial charge in [0.15, 0.2) is 0 Å². The number of aromatic nitrogens is 1. The van der Waals surface area contributed by atoms with Crippen molar-refractivity contribution in [2.75, 3.05) is 32.2 Å². The van der Waals surface area contributed by atoms with Crippen LogP contribution in [0.3, 0.4) is 0 Å². The first-order chi connectivity index (χ1) is 12.2. The topological polar surface area (TPSA) is 46.6 Å². The molecule has 0 bridgehead atoms. The number of ether oxygens (including phenoxy) is 2. The minimum absolute atomic E-state index is 0.306. The lowest BCUT2D eigenvalue weighted by Gasteiger charge is -2.34. The molecule has 3 rings (SSSR count). The third-order valence-corrected chi connectivity index (χ3v) is 4.58. The van der Waals surface area contributed by atoms with E-state index in [9.17, 15) is 4.39 Å². The minimum Gasteiger partial charge on any atom is -0.495 e. The first-order valence-corrected chi connectivity index (χ1v) is 8.52. The predicted octanol–water partition coefficient (Wildman–Crippen LogP) is 3.00. The Morgan fingerprint density at radius 1 is 1.12 bits per heavy atom. The number of para-hydroxylation sites is 2. The molecule has 1 fully saturated rings. The first-order valence-electron chi connectivity index (χ1n) is 8.52. The van der Waals surface area contributed by atoms with E-state index < -0.39 is 0 Å². The van der Waals surface area contributed by atoms with Crippen molar-refractivity contribution in [1.29, 1.82) is 0 Å². The number of rotatable bonds is 6. The summed E-state index contributed by atoms with van der Waals surface area (Å²) in [6.45, 7) is 2.28. The molecule has 0 atom stereocenters. The summed E-state index contributed by atoms with van der Waals surface area (Å²) in [5, 5.41) is 3.41. The number of benzene rings is 1. The number of methoxy groups -OCH3 is 2. The smallest absolute Gasteiger partial charge is 0.213 e. The van der Waals surface area contributed by atoms with Crippen molar-refractivity contribution in [2.24, 2.45) is 0 Å². The molecule has 0 amide bonds. The van der Waals surface area contributed by atoms with E-state index in [1.54, 1.807) is 7.11 Å². The SMILES string of the molecule is COc1ccc(F)c(CNC2CCN(c3ccccc3OC)CC2)n1. The minimum atomic E-state index is -0.306. The summed E-state index contributed by atoms with van der Waals surface area (Å²) < 4.78 is 24.4. The zero-order valence-corrected chi connectivity index (χ0v) is 14.7. The average molecular weight is 345 g/mol. The van der Waals surface area contributed by atoms with E-state index in [4.69, 9.17) is 9.47 Å².